The quantitative estimate of drug-likeness (QED) is 0.820. The first-order chi connectivity index (χ1) is 12.0. The number of rotatable bonds is 4. The SMILES string of the molecule is COc1ccc(N2C[C@H](C(=O)N3CCOC[C@H]3C)CC2=O)cc1OC. The predicted molar refractivity (Wildman–Crippen MR) is 92.0 cm³/mol. The van der Waals surface area contributed by atoms with E-state index in [2.05, 4.69) is 0 Å². The van der Waals surface area contributed by atoms with Gasteiger partial charge in [0, 0.05) is 31.3 Å². The van der Waals surface area contributed by atoms with E-state index in [4.69, 9.17) is 14.2 Å². The lowest BCUT2D eigenvalue weighted by Crippen LogP contribution is -2.49. The second-order valence-electron chi connectivity index (χ2n) is 6.40. The van der Waals surface area contributed by atoms with Gasteiger partial charge in [-0.25, -0.2) is 0 Å². The molecule has 0 saturated carbocycles. The first kappa shape index (κ1) is 17.5. The number of nitrogens with zero attached hydrogens (tertiary/aromatic N) is 2. The first-order valence-electron chi connectivity index (χ1n) is 8.45. The Morgan fingerprint density at radius 3 is 2.68 bits per heavy atom. The summed E-state index contributed by atoms with van der Waals surface area (Å²) >= 11 is 0. The fourth-order valence-corrected chi connectivity index (χ4v) is 3.40. The summed E-state index contributed by atoms with van der Waals surface area (Å²) in [6.45, 7) is 4.04. The van der Waals surface area contributed by atoms with Gasteiger partial charge in [0.05, 0.1) is 39.4 Å². The molecule has 1 aromatic rings. The van der Waals surface area contributed by atoms with Gasteiger partial charge in [-0.15, -0.1) is 0 Å². The van der Waals surface area contributed by atoms with Crippen molar-refractivity contribution in [1.29, 1.82) is 0 Å². The van der Waals surface area contributed by atoms with Crippen LogP contribution in [0.1, 0.15) is 13.3 Å². The first-order valence-corrected chi connectivity index (χ1v) is 8.45. The summed E-state index contributed by atoms with van der Waals surface area (Å²) in [7, 11) is 3.12. The molecule has 1 aromatic carbocycles. The van der Waals surface area contributed by atoms with Crippen LogP contribution < -0.4 is 14.4 Å². The Hall–Kier alpha value is -2.28. The Morgan fingerprint density at radius 2 is 2.00 bits per heavy atom. The fraction of sp³-hybridized carbons (Fsp3) is 0.556. The molecule has 0 aliphatic carbocycles. The smallest absolute Gasteiger partial charge is 0.228 e. The van der Waals surface area contributed by atoms with E-state index in [0.717, 1.165) is 0 Å². The van der Waals surface area contributed by atoms with E-state index in [1.807, 2.05) is 17.9 Å². The number of morpholine rings is 1. The molecular formula is C18H24N2O5. The molecule has 0 radical (unpaired) electrons. The van der Waals surface area contributed by atoms with Crippen molar-refractivity contribution < 1.29 is 23.8 Å². The predicted octanol–water partition coefficient (Wildman–Crippen LogP) is 1.30. The summed E-state index contributed by atoms with van der Waals surface area (Å²) in [6, 6.07) is 5.39. The maximum absolute atomic E-state index is 12.8. The van der Waals surface area contributed by atoms with Gasteiger partial charge in [0.1, 0.15) is 0 Å². The molecule has 2 saturated heterocycles. The zero-order valence-corrected chi connectivity index (χ0v) is 14.9. The molecule has 2 heterocycles. The molecule has 2 aliphatic rings. The van der Waals surface area contributed by atoms with Gasteiger partial charge >= 0.3 is 0 Å². The van der Waals surface area contributed by atoms with Crippen molar-refractivity contribution in [1.82, 2.24) is 4.90 Å². The van der Waals surface area contributed by atoms with Crippen molar-refractivity contribution in [2.45, 2.75) is 19.4 Å². The third-order valence-electron chi connectivity index (χ3n) is 4.80. The van der Waals surface area contributed by atoms with Crippen molar-refractivity contribution in [2.24, 2.45) is 5.92 Å². The topological polar surface area (TPSA) is 68.3 Å². The average molecular weight is 348 g/mol. The summed E-state index contributed by atoms with van der Waals surface area (Å²) in [6.07, 6.45) is 0.233. The van der Waals surface area contributed by atoms with Gasteiger partial charge in [0.25, 0.3) is 0 Å². The molecule has 136 valence electrons. The molecule has 0 N–H and O–H groups in total. The van der Waals surface area contributed by atoms with Crippen LogP contribution in [0.25, 0.3) is 0 Å². The lowest BCUT2D eigenvalue weighted by Gasteiger charge is -2.34. The van der Waals surface area contributed by atoms with Gasteiger partial charge in [-0.3, -0.25) is 9.59 Å². The molecule has 25 heavy (non-hydrogen) atoms. The lowest BCUT2D eigenvalue weighted by atomic mass is 10.1. The lowest BCUT2D eigenvalue weighted by molar-refractivity contribution is -0.143. The third-order valence-corrected chi connectivity index (χ3v) is 4.80. The fourth-order valence-electron chi connectivity index (χ4n) is 3.40. The Balaban J connectivity index is 1.75. The Kier molecular flexibility index (Phi) is 5.13. The van der Waals surface area contributed by atoms with E-state index in [9.17, 15) is 9.59 Å². The number of ether oxygens (including phenoxy) is 3. The zero-order chi connectivity index (χ0) is 18.0. The largest absolute Gasteiger partial charge is 0.493 e. The molecule has 2 amide bonds. The molecular weight excluding hydrogens is 324 g/mol. The van der Waals surface area contributed by atoms with Crippen LogP contribution in [0.2, 0.25) is 0 Å². The monoisotopic (exact) mass is 348 g/mol. The second-order valence-corrected chi connectivity index (χ2v) is 6.40. The zero-order valence-electron chi connectivity index (χ0n) is 14.9. The summed E-state index contributed by atoms with van der Waals surface area (Å²) in [5, 5.41) is 0. The van der Waals surface area contributed by atoms with Crippen LogP contribution in [-0.2, 0) is 14.3 Å². The highest BCUT2D eigenvalue weighted by molar-refractivity contribution is 6.00. The van der Waals surface area contributed by atoms with Gasteiger partial charge < -0.3 is 24.0 Å². The minimum absolute atomic E-state index is 0.0344. The van der Waals surface area contributed by atoms with Crippen molar-refractivity contribution in [3.05, 3.63) is 18.2 Å². The van der Waals surface area contributed by atoms with Crippen molar-refractivity contribution in [2.75, 3.05) is 45.4 Å². The van der Waals surface area contributed by atoms with E-state index in [1.165, 1.54) is 0 Å². The van der Waals surface area contributed by atoms with Crippen LogP contribution in [0.3, 0.4) is 0 Å². The van der Waals surface area contributed by atoms with Gasteiger partial charge in [0.15, 0.2) is 11.5 Å². The molecule has 3 rings (SSSR count). The highest BCUT2D eigenvalue weighted by atomic mass is 16.5. The van der Waals surface area contributed by atoms with Crippen LogP contribution in [0.5, 0.6) is 11.5 Å². The summed E-state index contributed by atoms with van der Waals surface area (Å²) in [5.74, 6) is 0.830. The van der Waals surface area contributed by atoms with E-state index in [1.54, 1.807) is 31.3 Å². The molecule has 0 spiro atoms. The van der Waals surface area contributed by atoms with Crippen LogP contribution in [0.4, 0.5) is 5.69 Å². The number of carbonyl (C=O) groups excluding carboxylic acids is 2. The minimum atomic E-state index is -0.318. The van der Waals surface area contributed by atoms with Crippen LogP contribution in [-0.4, -0.2) is 63.3 Å². The summed E-state index contributed by atoms with van der Waals surface area (Å²) in [4.78, 5) is 28.8. The molecule has 2 aliphatic heterocycles. The van der Waals surface area contributed by atoms with Crippen molar-refractivity contribution in [3.63, 3.8) is 0 Å². The molecule has 2 fully saturated rings. The van der Waals surface area contributed by atoms with E-state index >= 15 is 0 Å². The number of benzene rings is 1. The Bertz CT molecular complexity index is 663. The Morgan fingerprint density at radius 1 is 1.24 bits per heavy atom. The second kappa shape index (κ2) is 7.31. The van der Waals surface area contributed by atoms with Gasteiger partial charge in [0.2, 0.25) is 11.8 Å². The maximum atomic E-state index is 12.8. The van der Waals surface area contributed by atoms with Crippen LogP contribution in [0.15, 0.2) is 18.2 Å². The molecule has 7 nitrogen and oxygen atoms in total. The van der Waals surface area contributed by atoms with E-state index in [0.29, 0.717) is 43.5 Å². The molecule has 0 unspecified atom stereocenters. The minimum Gasteiger partial charge on any atom is -0.493 e. The van der Waals surface area contributed by atoms with Crippen molar-refractivity contribution in [3.8, 4) is 11.5 Å². The van der Waals surface area contributed by atoms with Crippen LogP contribution >= 0.6 is 0 Å². The van der Waals surface area contributed by atoms with Gasteiger partial charge in [-0.2, -0.15) is 0 Å². The number of amides is 2. The summed E-state index contributed by atoms with van der Waals surface area (Å²) < 4.78 is 15.9. The average Bonchev–Trinajstić information content (AvgIpc) is 3.02. The highest BCUT2D eigenvalue weighted by Crippen LogP contribution is 2.34. The Labute approximate surface area is 147 Å². The molecule has 7 heteroatoms. The highest BCUT2D eigenvalue weighted by Gasteiger charge is 2.39. The van der Waals surface area contributed by atoms with Gasteiger partial charge in [-0.05, 0) is 19.1 Å². The standard InChI is InChI=1S/C18H24N2O5/c1-12-11-25-7-6-19(12)18(22)13-8-17(21)20(10-13)14-4-5-15(23-2)16(9-14)24-3/h4-5,9,12-13H,6-8,10-11H2,1-3H3/t12-,13-/m1/s1. The normalized spacial score (nSPS) is 23.7. The molecule has 0 bridgehead atoms. The molecule has 0 aromatic heterocycles. The molecule has 2 atom stereocenters. The number of carbonyl (C=O) groups is 2. The third kappa shape index (κ3) is 3.42. The van der Waals surface area contributed by atoms with Gasteiger partial charge in [-0.1, -0.05) is 0 Å². The maximum Gasteiger partial charge on any atom is 0.228 e. The number of hydrogen-bond donors (Lipinski definition) is 0. The van der Waals surface area contributed by atoms with E-state index in [-0.39, 0.29) is 30.2 Å². The van der Waals surface area contributed by atoms with Crippen LogP contribution in [0, 0.1) is 5.92 Å². The summed E-state index contributed by atoms with van der Waals surface area (Å²) in [5.41, 5.74) is 0.716. The van der Waals surface area contributed by atoms with E-state index < -0.39 is 0 Å². The number of methoxy groups -OCH3 is 2. The number of hydrogen-bond acceptors (Lipinski definition) is 5. The number of anilines is 1. The van der Waals surface area contributed by atoms with Crippen molar-refractivity contribution >= 4 is 17.5 Å².